The molecule has 0 aromatic heterocycles. The van der Waals surface area contributed by atoms with E-state index < -0.39 is 0 Å². The van der Waals surface area contributed by atoms with Crippen molar-refractivity contribution in [3.63, 3.8) is 0 Å². The van der Waals surface area contributed by atoms with Crippen molar-refractivity contribution >= 4 is 22.8 Å². The highest BCUT2D eigenvalue weighted by atomic mass is 15.0. The Hall–Kier alpha value is -2.22. The fourth-order valence-electron chi connectivity index (χ4n) is 3.23. The molecule has 0 spiro atoms. The number of rotatable bonds is 2. The molecule has 3 aliphatic rings. The van der Waals surface area contributed by atoms with E-state index in [1.54, 1.807) is 0 Å². The second-order valence-corrected chi connectivity index (χ2v) is 5.36. The molecule has 1 aromatic carbocycles. The van der Waals surface area contributed by atoms with Gasteiger partial charge in [-0.2, -0.15) is 0 Å². The summed E-state index contributed by atoms with van der Waals surface area (Å²) in [4.78, 5) is 9.49. The molecule has 98 valence electrons. The Morgan fingerprint density at radius 2 is 2.00 bits per heavy atom. The van der Waals surface area contributed by atoms with Crippen molar-refractivity contribution in [3.05, 3.63) is 59.7 Å². The van der Waals surface area contributed by atoms with Gasteiger partial charge in [-0.15, -0.1) is 0 Å². The standard InChI is InChI=1S/C18H16N2/c1-2-7-13-12-8-3-5-10-15(12)19-18-17(13)14-9-4-6-11-16(14)20-18/h3-6,8-12H,2,7H2,1H3. The lowest BCUT2D eigenvalue weighted by Crippen LogP contribution is -2.23. The van der Waals surface area contributed by atoms with E-state index in [1.165, 1.54) is 16.7 Å². The van der Waals surface area contributed by atoms with Crippen molar-refractivity contribution in [1.82, 2.24) is 0 Å². The third-order valence-electron chi connectivity index (χ3n) is 4.07. The van der Waals surface area contributed by atoms with E-state index in [0.29, 0.717) is 5.92 Å². The normalized spacial score (nSPS) is 22.1. The molecule has 1 unspecified atom stereocenters. The minimum atomic E-state index is 0.333. The molecular formula is C18H16N2. The molecule has 0 saturated carbocycles. The summed E-state index contributed by atoms with van der Waals surface area (Å²) in [5, 5.41) is 0. The van der Waals surface area contributed by atoms with Crippen LogP contribution in [0.5, 0.6) is 0 Å². The molecule has 0 radical (unpaired) electrons. The monoisotopic (exact) mass is 260 g/mol. The van der Waals surface area contributed by atoms with Crippen molar-refractivity contribution in [2.24, 2.45) is 15.9 Å². The number of hydrogen-bond donors (Lipinski definition) is 0. The Balaban J connectivity index is 1.96. The number of para-hydroxylation sites is 1. The quantitative estimate of drug-likeness (QED) is 0.749. The molecule has 0 fully saturated rings. The SMILES string of the molecule is CCCC1=C2C(=Nc3ccccc32)N=C2C=CC=CC21. The first kappa shape index (κ1) is 11.6. The van der Waals surface area contributed by atoms with Crippen molar-refractivity contribution in [2.45, 2.75) is 19.8 Å². The summed E-state index contributed by atoms with van der Waals surface area (Å²) in [6, 6.07) is 8.37. The third kappa shape index (κ3) is 1.58. The number of hydrogen-bond acceptors (Lipinski definition) is 2. The Morgan fingerprint density at radius 3 is 2.90 bits per heavy atom. The lowest BCUT2D eigenvalue weighted by Gasteiger charge is -2.26. The fourth-order valence-corrected chi connectivity index (χ4v) is 3.23. The topological polar surface area (TPSA) is 24.7 Å². The maximum Gasteiger partial charge on any atom is 0.160 e. The van der Waals surface area contributed by atoms with E-state index in [9.17, 15) is 0 Å². The van der Waals surface area contributed by atoms with Gasteiger partial charge in [0.15, 0.2) is 5.84 Å². The van der Waals surface area contributed by atoms with Gasteiger partial charge in [-0.1, -0.05) is 49.8 Å². The van der Waals surface area contributed by atoms with Gasteiger partial charge >= 0.3 is 0 Å². The lowest BCUT2D eigenvalue weighted by atomic mass is 9.81. The average Bonchev–Trinajstić information content (AvgIpc) is 2.85. The zero-order chi connectivity index (χ0) is 13.5. The number of aliphatic imine (C=N–C) groups is 2. The average molecular weight is 260 g/mol. The molecule has 1 aliphatic carbocycles. The Labute approximate surface area is 119 Å². The van der Waals surface area contributed by atoms with Crippen LogP contribution in [-0.2, 0) is 0 Å². The molecule has 2 nitrogen and oxygen atoms in total. The van der Waals surface area contributed by atoms with Gasteiger partial charge in [-0.3, -0.25) is 0 Å². The molecule has 2 aliphatic heterocycles. The van der Waals surface area contributed by atoms with Gasteiger partial charge in [-0.25, -0.2) is 9.98 Å². The van der Waals surface area contributed by atoms with Crippen LogP contribution in [0.2, 0.25) is 0 Å². The van der Waals surface area contributed by atoms with Crippen molar-refractivity contribution in [3.8, 4) is 0 Å². The third-order valence-corrected chi connectivity index (χ3v) is 4.07. The summed E-state index contributed by atoms with van der Waals surface area (Å²) in [5.41, 5.74) is 6.18. The van der Waals surface area contributed by atoms with Crippen LogP contribution in [-0.4, -0.2) is 11.5 Å². The number of amidine groups is 1. The van der Waals surface area contributed by atoms with E-state index in [1.807, 2.05) is 6.07 Å². The summed E-state index contributed by atoms with van der Waals surface area (Å²) in [6.45, 7) is 2.24. The van der Waals surface area contributed by atoms with E-state index in [4.69, 9.17) is 9.98 Å². The van der Waals surface area contributed by atoms with Crippen LogP contribution in [0.15, 0.2) is 64.1 Å². The maximum atomic E-state index is 4.78. The predicted molar refractivity (Wildman–Crippen MR) is 84.6 cm³/mol. The molecule has 2 heteroatoms. The molecule has 1 aromatic rings. The van der Waals surface area contributed by atoms with Crippen molar-refractivity contribution in [1.29, 1.82) is 0 Å². The highest BCUT2D eigenvalue weighted by Gasteiger charge is 2.32. The summed E-state index contributed by atoms with van der Waals surface area (Å²) >= 11 is 0. The summed E-state index contributed by atoms with van der Waals surface area (Å²) in [7, 11) is 0. The lowest BCUT2D eigenvalue weighted by molar-refractivity contribution is 0.833. The second kappa shape index (κ2) is 4.41. The van der Waals surface area contributed by atoms with Crippen LogP contribution >= 0.6 is 0 Å². The Kier molecular flexibility index (Phi) is 2.56. The van der Waals surface area contributed by atoms with Crippen LogP contribution in [0.1, 0.15) is 25.3 Å². The summed E-state index contributed by atoms with van der Waals surface area (Å²) in [6.07, 6.45) is 10.8. The van der Waals surface area contributed by atoms with Gasteiger partial charge < -0.3 is 0 Å². The summed E-state index contributed by atoms with van der Waals surface area (Å²) < 4.78 is 0. The summed E-state index contributed by atoms with van der Waals surface area (Å²) in [5.74, 6) is 1.24. The largest absolute Gasteiger partial charge is 0.232 e. The van der Waals surface area contributed by atoms with Gasteiger partial charge in [0.25, 0.3) is 0 Å². The number of allylic oxidation sites excluding steroid dienone is 5. The van der Waals surface area contributed by atoms with Crippen molar-refractivity contribution < 1.29 is 0 Å². The molecule has 0 bridgehead atoms. The highest BCUT2D eigenvalue weighted by molar-refractivity contribution is 6.34. The van der Waals surface area contributed by atoms with Crippen LogP contribution < -0.4 is 0 Å². The minimum Gasteiger partial charge on any atom is -0.232 e. The zero-order valence-corrected chi connectivity index (χ0v) is 11.5. The van der Waals surface area contributed by atoms with Crippen LogP contribution in [0, 0.1) is 5.92 Å². The van der Waals surface area contributed by atoms with Gasteiger partial charge in [0.1, 0.15) is 0 Å². The smallest absolute Gasteiger partial charge is 0.160 e. The van der Waals surface area contributed by atoms with Gasteiger partial charge in [0.05, 0.1) is 11.4 Å². The number of nitrogens with zero attached hydrogens (tertiary/aromatic N) is 2. The van der Waals surface area contributed by atoms with Crippen molar-refractivity contribution in [2.75, 3.05) is 0 Å². The molecule has 2 heterocycles. The van der Waals surface area contributed by atoms with Crippen LogP contribution in [0.25, 0.3) is 5.57 Å². The first-order chi connectivity index (χ1) is 9.88. The van der Waals surface area contributed by atoms with Gasteiger partial charge in [0, 0.05) is 17.1 Å². The minimum absolute atomic E-state index is 0.333. The van der Waals surface area contributed by atoms with Crippen LogP contribution in [0.4, 0.5) is 5.69 Å². The number of fused-ring (bicyclic) bond motifs is 4. The molecule has 0 amide bonds. The fraction of sp³-hybridized carbons (Fsp3) is 0.222. The van der Waals surface area contributed by atoms with E-state index >= 15 is 0 Å². The number of dihydropyridines is 1. The highest BCUT2D eigenvalue weighted by Crippen LogP contribution is 2.43. The molecule has 0 N–H and O–H groups in total. The Bertz CT molecular complexity index is 730. The number of benzene rings is 1. The molecule has 0 saturated heterocycles. The predicted octanol–water partition coefficient (Wildman–Crippen LogP) is 4.48. The second-order valence-electron chi connectivity index (χ2n) is 5.36. The zero-order valence-electron chi connectivity index (χ0n) is 11.5. The maximum absolute atomic E-state index is 4.78. The van der Waals surface area contributed by atoms with E-state index in [-0.39, 0.29) is 0 Å². The molecule has 20 heavy (non-hydrogen) atoms. The first-order valence-corrected chi connectivity index (χ1v) is 7.23. The molecule has 4 rings (SSSR count). The molecular weight excluding hydrogens is 244 g/mol. The van der Waals surface area contributed by atoms with Gasteiger partial charge in [-0.05, 0) is 24.1 Å². The Morgan fingerprint density at radius 1 is 1.10 bits per heavy atom. The molecule has 1 atom stereocenters. The van der Waals surface area contributed by atoms with Crippen LogP contribution in [0.3, 0.4) is 0 Å². The van der Waals surface area contributed by atoms with E-state index in [2.05, 4.69) is 49.4 Å². The first-order valence-electron chi connectivity index (χ1n) is 7.23. The van der Waals surface area contributed by atoms with Gasteiger partial charge in [0.2, 0.25) is 0 Å². The van der Waals surface area contributed by atoms with E-state index in [0.717, 1.165) is 30.1 Å².